The lowest BCUT2D eigenvalue weighted by Gasteiger charge is -2.24. The van der Waals surface area contributed by atoms with Crippen molar-refractivity contribution in [3.63, 3.8) is 0 Å². The fraction of sp³-hybridized carbons (Fsp3) is 0.429. The number of H-pyrrole nitrogens is 1. The average molecular weight is 219 g/mol. The number of ether oxygens (including phenoxy) is 1. The van der Waals surface area contributed by atoms with E-state index in [0.29, 0.717) is 23.5 Å². The van der Waals surface area contributed by atoms with Gasteiger partial charge in [0.1, 0.15) is 10.0 Å². The summed E-state index contributed by atoms with van der Waals surface area (Å²) in [6.45, 7) is 1.41. The van der Waals surface area contributed by atoms with Gasteiger partial charge in [-0.2, -0.15) is 0 Å². The number of aromatic nitrogens is 2. The minimum absolute atomic E-state index is 0.166. The molecule has 1 fully saturated rings. The Morgan fingerprint density at radius 2 is 2.46 bits per heavy atom. The molecule has 1 saturated heterocycles. The number of rotatable bonds is 2. The Morgan fingerprint density at radius 1 is 1.69 bits per heavy atom. The lowest BCUT2D eigenvalue weighted by atomic mass is 10.4. The fourth-order valence-corrected chi connectivity index (χ4v) is 2.08. The molecule has 1 aliphatic heterocycles. The van der Waals surface area contributed by atoms with Gasteiger partial charge in [-0.3, -0.25) is 4.79 Å². The van der Waals surface area contributed by atoms with Gasteiger partial charge >= 0.3 is 0 Å². The lowest BCUT2D eigenvalue weighted by Crippen LogP contribution is -2.30. The summed E-state index contributed by atoms with van der Waals surface area (Å²) in [5.74, 6) is 0. The molecule has 0 radical (unpaired) electrons. The van der Waals surface area contributed by atoms with Crippen LogP contribution in [0.25, 0.3) is 0 Å². The van der Waals surface area contributed by atoms with Gasteiger partial charge in [-0.1, -0.05) is 23.4 Å². The number of hydrogen-bond acceptors (Lipinski definition) is 4. The van der Waals surface area contributed by atoms with Crippen molar-refractivity contribution in [2.45, 2.75) is 10.3 Å². The van der Waals surface area contributed by atoms with Crippen LogP contribution in [0.15, 0.2) is 16.1 Å². The molecular formula is C7H7ClN2O2S. The normalized spacial score (nSPS) is 17.0. The van der Waals surface area contributed by atoms with Crippen LogP contribution in [0, 0.1) is 0 Å². The van der Waals surface area contributed by atoms with Gasteiger partial charge in [0.15, 0.2) is 0 Å². The summed E-state index contributed by atoms with van der Waals surface area (Å²) in [4.78, 5) is 17.4. The Bertz CT molecular complexity index is 364. The zero-order valence-corrected chi connectivity index (χ0v) is 8.19. The molecule has 0 amide bonds. The average Bonchev–Trinajstić information content (AvgIpc) is 2.04. The van der Waals surface area contributed by atoms with Crippen LogP contribution in [0.2, 0.25) is 5.02 Å². The van der Waals surface area contributed by atoms with Gasteiger partial charge in [0.2, 0.25) is 0 Å². The highest BCUT2D eigenvalue weighted by Crippen LogP contribution is 2.29. The van der Waals surface area contributed by atoms with Crippen molar-refractivity contribution in [1.29, 1.82) is 0 Å². The van der Waals surface area contributed by atoms with Crippen molar-refractivity contribution in [2.75, 3.05) is 13.2 Å². The maximum absolute atomic E-state index is 11.1. The zero-order valence-electron chi connectivity index (χ0n) is 6.62. The Labute approximate surface area is 83.7 Å². The molecule has 0 saturated carbocycles. The molecule has 0 aromatic carbocycles. The van der Waals surface area contributed by atoms with Gasteiger partial charge in [0.05, 0.1) is 24.8 Å². The molecule has 0 bridgehead atoms. The standard InChI is InChI=1S/C7H7ClN2O2S/c8-5-6(11)9-3-10-7(5)13-4-1-12-2-4/h3-4H,1-2H2,(H,9,10,11). The minimum atomic E-state index is -0.292. The predicted molar refractivity (Wildman–Crippen MR) is 50.3 cm³/mol. The Hall–Kier alpha value is -0.520. The Kier molecular flexibility index (Phi) is 2.57. The van der Waals surface area contributed by atoms with Crippen molar-refractivity contribution < 1.29 is 4.74 Å². The molecule has 0 spiro atoms. The van der Waals surface area contributed by atoms with Crippen LogP contribution in [0.5, 0.6) is 0 Å². The van der Waals surface area contributed by atoms with E-state index in [9.17, 15) is 4.79 Å². The van der Waals surface area contributed by atoms with Crippen molar-refractivity contribution >= 4 is 23.4 Å². The van der Waals surface area contributed by atoms with Crippen LogP contribution in [-0.4, -0.2) is 28.4 Å². The van der Waals surface area contributed by atoms with Crippen LogP contribution in [-0.2, 0) is 4.74 Å². The number of halogens is 1. The first-order valence-corrected chi connectivity index (χ1v) is 5.00. The molecule has 2 heterocycles. The highest BCUT2D eigenvalue weighted by molar-refractivity contribution is 8.00. The second kappa shape index (κ2) is 3.69. The van der Waals surface area contributed by atoms with Gasteiger partial charge in [-0.15, -0.1) is 0 Å². The first-order chi connectivity index (χ1) is 6.27. The van der Waals surface area contributed by atoms with Crippen molar-refractivity contribution in [3.8, 4) is 0 Å². The van der Waals surface area contributed by atoms with Crippen molar-refractivity contribution in [3.05, 3.63) is 21.7 Å². The first kappa shape index (κ1) is 9.05. The van der Waals surface area contributed by atoms with Gasteiger partial charge in [0, 0.05) is 0 Å². The van der Waals surface area contributed by atoms with Crippen LogP contribution < -0.4 is 5.56 Å². The molecule has 0 aliphatic carbocycles. The molecule has 1 aliphatic rings. The van der Waals surface area contributed by atoms with E-state index in [4.69, 9.17) is 16.3 Å². The SMILES string of the molecule is O=c1[nH]cnc(SC2COC2)c1Cl. The number of nitrogens with zero attached hydrogens (tertiary/aromatic N) is 1. The number of hydrogen-bond donors (Lipinski definition) is 1. The third-order valence-corrected chi connectivity index (χ3v) is 3.25. The Balaban J connectivity index is 2.19. The molecular weight excluding hydrogens is 212 g/mol. The molecule has 1 aromatic heterocycles. The predicted octanol–water partition coefficient (Wildman–Crippen LogP) is 0.914. The summed E-state index contributed by atoms with van der Waals surface area (Å²) in [5.41, 5.74) is -0.292. The summed E-state index contributed by atoms with van der Waals surface area (Å²) in [7, 11) is 0. The molecule has 1 N–H and O–H groups in total. The molecule has 0 unspecified atom stereocenters. The number of nitrogens with one attached hydrogen (secondary N) is 1. The second-order valence-corrected chi connectivity index (χ2v) is 4.30. The van der Waals surface area contributed by atoms with E-state index in [-0.39, 0.29) is 10.6 Å². The molecule has 2 rings (SSSR count). The van der Waals surface area contributed by atoms with Crippen LogP contribution in [0.1, 0.15) is 0 Å². The number of aromatic amines is 1. The Morgan fingerprint density at radius 3 is 3.08 bits per heavy atom. The smallest absolute Gasteiger partial charge is 0.270 e. The van der Waals surface area contributed by atoms with Gasteiger partial charge in [-0.25, -0.2) is 4.98 Å². The summed E-state index contributed by atoms with van der Waals surface area (Å²) in [6.07, 6.45) is 1.36. The highest BCUT2D eigenvalue weighted by atomic mass is 35.5. The summed E-state index contributed by atoms with van der Waals surface area (Å²) in [5, 5.41) is 1.13. The lowest BCUT2D eigenvalue weighted by molar-refractivity contribution is 0.0454. The highest BCUT2D eigenvalue weighted by Gasteiger charge is 2.21. The molecule has 6 heteroatoms. The van der Waals surface area contributed by atoms with E-state index in [0.717, 1.165) is 0 Å². The van der Waals surface area contributed by atoms with E-state index in [1.54, 1.807) is 0 Å². The topological polar surface area (TPSA) is 55.0 Å². The van der Waals surface area contributed by atoms with E-state index in [2.05, 4.69) is 9.97 Å². The molecule has 1 aromatic rings. The van der Waals surface area contributed by atoms with Gasteiger partial charge < -0.3 is 9.72 Å². The summed E-state index contributed by atoms with van der Waals surface area (Å²) >= 11 is 7.23. The fourth-order valence-electron chi connectivity index (χ4n) is 0.889. The van der Waals surface area contributed by atoms with Gasteiger partial charge in [-0.05, 0) is 0 Å². The van der Waals surface area contributed by atoms with Crippen LogP contribution >= 0.6 is 23.4 Å². The second-order valence-electron chi connectivity index (χ2n) is 2.63. The molecule has 13 heavy (non-hydrogen) atoms. The van der Waals surface area contributed by atoms with E-state index in [1.807, 2.05) is 0 Å². The summed E-state index contributed by atoms with van der Waals surface area (Å²) in [6, 6.07) is 0. The van der Waals surface area contributed by atoms with Crippen LogP contribution in [0.4, 0.5) is 0 Å². The largest absolute Gasteiger partial charge is 0.379 e. The maximum Gasteiger partial charge on any atom is 0.270 e. The van der Waals surface area contributed by atoms with Crippen LogP contribution in [0.3, 0.4) is 0 Å². The molecule has 70 valence electrons. The quantitative estimate of drug-likeness (QED) is 0.750. The minimum Gasteiger partial charge on any atom is -0.379 e. The van der Waals surface area contributed by atoms with E-state index in [1.165, 1.54) is 18.1 Å². The van der Waals surface area contributed by atoms with Crippen molar-refractivity contribution in [1.82, 2.24) is 9.97 Å². The van der Waals surface area contributed by atoms with Gasteiger partial charge in [0.25, 0.3) is 5.56 Å². The monoisotopic (exact) mass is 218 g/mol. The third kappa shape index (κ3) is 1.87. The maximum atomic E-state index is 11.1. The van der Waals surface area contributed by atoms with E-state index < -0.39 is 0 Å². The zero-order chi connectivity index (χ0) is 9.26. The summed E-state index contributed by atoms with van der Waals surface area (Å²) < 4.78 is 5.00. The third-order valence-electron chi connectivity index (χ3n) is 1.65. The van der Waals surface area contributed by atoms with Crippen molar-refractivity contribution in [2.24, 2.45) is 0 Å². The number of thioether (sulfide) groups is 1. The van der Waals surface area contributed by atoms with E-state index >= 15 is 0 Å². The first-order valence-electron chi connectivity index (χ1n) is 3.75. The molecule has 0 atom stereocenters. The molecule has 4 nitrogen and oxygen atoms in total.